The van der Waals surface area contributed by atoms with Gasteiger partial charge in [-0.3, -0.25) is 14.2 Å². The van der Waals surface area contributed by atoms with Gasteiger partial charge in [0, 0.05) is 12.8 Å². The Morgan fingerprint density at radius 3 is 0.755 bits per heavy atom. The quantitative estimate of drug-likeness (QED) is 0.0195. The summed E-state index contributed by atoms with van der Waals surface area (Å²) in [6, 6.07) is 0. The Labute approximate surface area is 651 Å². The highest BCUT2D eigenvalue weighted by molar-refractivity contribution is 7.45. The number of nitrogens with zero attached hydrogens (tertiary/aromatic N) is 1. The monoisotopic (exact) mass is 1480 g/mol. The lowest BCUT2D eigenvalue weighted by Gasteiger charge is -2.28. The molecule has 0 saturated heterocycles. The molecule has 0 saturated carbocycles. The number of hydrogen-bond acceptors (Lipinski definition) is 8. The number of hydrogen-bond donors (Lipinski definition) is 0. The maximum absolute atomic E-state index is 12.9. The van der Waals surface area contributed by atoms with E-state index in [0.29, 0.717) is 17.4 Å². The first-order chi connectivity index (χ1) is 52.0. The van der Waals surface area contributed by atoms with Crippen molar-refractivity contribution in [2.45, 2.75) is 315 Å². The first-order valence-electron chi connectivity index (χ1n) is 42.1. The normalized spacial score (nSPS) is 14.2. The molecule has 0 rings (SSSR count). The van der Waals surface area contributed by atoms with Gasteiger partial charge in [-0.25, -0.2) is 0 Å². The second-order valence-corrected chi connectivity index (χ2v) is 29.8. The number of phosphoric ester groups is 1. The highest BCUT2D eigenvalue weighted by Crippen LogP contribution is 2.38. The van der Waals surface area contributed by atoms with E-state index in [9.17, 15) is 19.0 Å². The van der Waals surface area contributed by atoms with Gasteiger partial charge in [-0.2, -0.15) is 0 Å². The summed E-state index contributed by atoms with van der Waals surface area (Å²) in [5.74, 6) is -0.848. The zero-order valence-corrected chi connectivity index (χ0v) is 68.9. The van der Waals surface area contributed by atoms with Crippen LogP contribution < -0.4 is 4.89 Å². The van der Waals surface area contributed by atoms with Crippen molar-refractivity contribution in [1.82, 2.24) is 0 Å². The van der Waals surface area contributed by atoms with Crippen LogP contribution in [0.15, 0.2) is 231 Å². The molecule has 0 aromatic heterocycles. The summed E-state index contributed by atoms with van der Waals surface area (Å²) in [4.78, 5) is 38.2. The van der Waals surface area contributed by atoms with Crippen LogP contribution in [0.5, 0.6) is 0 Å². The summed E-state index contributed by atoms with van der Waals surface area (Å²) in [5.41, 5.74) is 0. The Kier molecular flexibility index (Phi) is 78.5. The maximum atomic E-state index is 12.9. The Hall–Kier alpha value is -5.93. The van der Waals surface area contributed by atoms with Crippen molar-refractivity contribution in [2.24, 2.45) is 0 Å². The van der Waals surface area contributed by atoms with E-state index < -0.39 is 32.5 Å². The van der Waals surface area contributed by atoms with Crippen molar-refractivity contribution in [3.05, 3.63) is 231 Å². The molecule has 10 heteroatoms. The van der Waals surface area contributed by atoms with Crippen LogP contribution >= 0.6 is 7.82 Å². The van der Waals surface area contributed by atoms with Gasteiger partial charge >= 0.3 is 11.9 Å². The summed E-state index contributed by atoms with van der Waals surface area (Å²) in [5, 5.41) is 0. The van der Waals surface area contributed by atoms with E-state index in [4.69, 9.17) is 18.5 Å². The summed E-state index contributed by atoms with van der Waals surface area (Å²) in [7, 11) is 1.14. The third-order valence-electron chi connectivity index (χ3n) is 17.2. The van der Waals surface area contributed by atoms with Gasteiger partial charge in [0.25, 0.3) is 7.82 Å². The SMILES string of the molecule is CC/C=C\C/C=C\C/C=C\C/C=C\C/C=C\C/C=C\C/C=C\C/C=C\C/C=C\C/C=C\CCCCCCCCCCCCC(=O)OC(COC(=O)CCCCCCCCCCCCCCC/C=C\C/C=C\C/C=C\C/C=C\C/C=C\C/C=C\C/C=C\C/C=C\C/C=C\CC)COP(=O)([O-])OCC[N+](C)(C)C. The largest absolute Gasteiger partial charge is 0.756 e. The highest BCUT2D eigenvalue weighted by Gasteiger charge is 2.22. The van der Waals surface area contributed by atoms with Crippen molar-refractivity contribution in [3.8, 4) is 0 Å². The number of allylic oxidation sites excluding steroid dienone is 38. The van der Waals surface area contributed by atoms with Gasteiger partial charge in [0.05, 0.1) is 27.7 Å². The highest BCUT2D eigenvalue weighted by atomic mass is 31.2. The lowest BCUT2D eigenvalue weighted by molar-refractivity contribution is -0.870. The van der Waals surface area contributed by atoms with E-state index in [0.717, 1.165) is 173 Å². The number of carbonyl (C=O) groups is 2. The lowest BCUT2D eigenvalue weighted by atomic mass is 10.0. The average Bonchev–Trinajstić information content (AvgIpc) is 0.908. The molecule has 0 aromatic rings. The summed E-state index contributed by atoms with van der Waals surface area (Å²) in [6.07, 6.45) is 133. The Morgan fingerprint density at radius 1 is 0.292 bits per heavy atom. The number of esters is 2. The van der Waals surface area contributed by atoms with E-state index in [1.165, 1.54) is 103 Å². The number of likely N-dealkylation sites (N-methyl/N-ethyl adjacent to an activating group) is 1. The molecule has 2 unspecified atom stereocenters. The Bertz CT molecular complexity index is 2650. The zero-order valence-electron chi connectivity index (χ0n) is 68.0. The molecular weight excluding hydrogens is 1330 g/mol. The molecule has 9 nitrogen and oxygen atoms in total. The molecule has 106 heavy (non-hydrogen) atoms. The molecule has 0 spiro atoms. The molecule has 0 aromatic carbocycles. The molecule has 0 heterocycles. The van der Waals surface area contributed by atoms with Crippen molar-refractivity contribution < 1.29 is 42.1 Å². The van der Waals surface area contributed by atoms with Crippen LogP contribution in [0.1, 0.15) is 309 Å². The van der Waals surface area contributed by atoms with Crippen LogP contribution in [0.4, 0.5) is 0 Å². The average molecular weight is 1480 g/mol. The minimum atomic E-state index is -4.66. The second-order valence-electron chi connectivity index (χ2n) is 28.4. The first kappa shape index (κ1) is 100. The minimum absolute atomic E-state index is 0.0418. The molecule has 0 aliphatic heterocycles. The van der Waals surface area contributed by atoms with Crippen molar-refractivity contribution in [3.63, 3.8) is 0 Å². The number of quaternary nitrogens is 1. The van der Waals surface area contributed by atoms with Crippen molar-refractivity contribution >= 4 is 19.8 Å². The van der Waals surface area contributed by atoms with Crippen molar-refractivity contribution in [1.29, 1.82) is 0 Å². The van der Waals surface area contributed by atoms with E-state index >= 15 is 0 Å². The summed E-state index contributed by atoms with van der Waals surface area (Å²) >= 11 is 0. The summed E-state index contributed by atoms with van der Waals surface area (Å²) < 4.78 is 34.4. The predicted molar refractivity (Wildman–Crippen MR) is 461 cm³/mol. The maximum Gasteiger partial charge on any atom is 0.306 e. The fourth-order valence-corrected chi connectivity index (χ4v) is 11.6. The van der Waals surface area contributed by atoms with Gasteiger partial charge in [-0.05, 0) is 161 Å². The van der Waals surface area contributed by atoms with E-state index in [-0.39, 0.29) is 26.1 Å². The molecule has 0 amide bonds. The Morgan fingerprint density at radius 2 is 0.509 bits per heavy atom. The molecule has 0 aliphatic carbocycles. The van der Waals surface area contributed by atoms with E-state index in [1.54, 1.807) is 0 Å². The van der Waals surface area contributed by atoms with Gasteiger partial charge in [0.1, 0.15) is 19.8 Å². The minimum Gasteiger partial charge on any atom is -0.756 e. The van der Waals surface area contributed by atoms with Gasteiger partial charge in [-0.15, -0.1) is 0 Å². The van der Waals surface area contributed by atoms with E-state index in [2.05, 4.69) is 245 Å². The molecule has 0 radical (unpaired) electrons. The number of phosphoric acid groups is 1. The third-order valence-corrected chi connectivity index (χ3v) is 18.1. The van der Waals surface area contributed by atoms with Gasteiger partial charge in [-0.1, -0.05) is 367 Å². The van der Waals surface area contributed by atoms with Gasteiger partial charge in [0.2, 0.25) is 0 Å². The topological polar surface area (TPSA) is 111 Å². The zero-order chi connectivity index (χ0) is 76.8. The molecule has 0 fully saturated rings. The van der Waals surface area contributed by atoms with Crippen LogP contribution in [0.25, 0.3) is 0 Å². The number of rotatable bonds is 75. The van der Waals surface area contributed by atoms with Crippen LogP contribution in [-0.2, 0) is 32.7 Å². The molecular formula is C96H154NO8P. The summed E-state index contributed by atoms with van der Waals surface area (Å²) in [6.45, 7) is 4.00. The molecule has 596 valence electrons. The second kappa shape index (κ2) is 83.1. The van der Waals surface area contributed by atoms with Gasteiger partial charge in [0.15, 0.2) is 6.10 Å². The van der Waals surface area contributed by atoms with Crippen LogP contribution in [-0.4, -0.2) is 70.0 Å². The fourth-order valence-electron chi connectivity index (χ4n) is 10.9. The number of ether oxygens (including phenoxy) is 2. The van der Waals surface area contributed by atoms with Crippen LogP contribution in [0.2, 0.25) is 0 Å². The standard InChI is InChI=1S/C96H154NO8P/c1-6-8-10-12-14-16-18-20-22-24-26-28-30-32-34-36-38-40-42-44-46-48-50-52-54-56-58-60-62-64-66-68-70-72-74-76-78-80-82-84-86-88-95(98)102-92-94(93-104-106(100,101)103-91-90-97(3,4)5)105-96(99)89-87-85-83-81-79-77-75-73-71-69-67-65-63-61-59-57-55-53-51-49-47-45-43-41-39-37-35-33-31-29-27-25-23-21-19-17-15-13-11-9-7-2/h8-11,14-17,20-23,26-29,32-35,38-41,44-47,50-53,56-59,63,65,94H,6-7,12-13,18-19,24-25,30-31,36-37,42-43,48-49,54-55,60-62,64,66-93H2,1-5H3/b10-8-,11-9-,16-14-,17-15-,22-20-,23-21-,28-26-,29-27-,34-32-,35-33-,40-38-,41-39-,46-44-,47-45-,52-50-,53-51-,58-56-,59-57-,65-63-. The predicted octanol–water partition coefficient (Wildman–Crippen LogP) is 28.2. The Balaban J connectivity index is 4.06. The number of unbranched alkanes of at least 4 members (excludes halogenated alkanes) is 23. The van der Waals surface area contributed by atoms with Crippen molar-refractivity contribution in [2.75, 3.05) is 47.5 Å². The van der Waals surface area contributed by atoms with E-state index in [1.807, 2.05) is 21.1 Å². The molecule has 0 aliphatic rings. The first-order valence-corrected chi connectivity index (χ1v) is 43.6. The van der Waals surface area contributed by atoms with Crippen LogP contribution in [0.3, 0.4) is 0 Å². The molecule has 0 bridgehead atoms. The fraction of sp³-hybridized carbons (Fsp3) is 0.583. The molecule has 2 atom stereocenters. The molecule has 0 N–H and O–H groups in total. The smallest absolute Gasteiger partial charge is 0.306 e. The third kappa shape index (κ3) is 87.0. The lowest BCUT2D eigenvalue weighted by Crippen LogP contribution is -2.37. The van der Waals surface area contributed by atoms with Crippen LogP contribution in [0, 0.1) is 0 Å². The van der Waals surface area contributed by atoms with Gasteiger partial charge < -0.3 is 27.9 Å². The number of carbonyl (C=O) groups excluding carboxylic acids is 2.